The van der Waals surface area contributed by atoms with Gasteiger partial charge in [0.15, 0.2) is 0 Å². The van der Waals surface area contributed by atoms with E-state index in [1.54, 1.807) is 7.11 Å². The third kappa shape index (κ3) is 2.81. The van der Waals surface area contributed by atoms with Crippen LogP contribution >= 0.6 is 0 Å². The lowest BCUT2D eigenvalue weighted by Gasteiger charge is -2.35. The molecule has 1 unspecified atom stereocenters. The van der Waals surface area contributed by atoms with Crippen LogP contribution in [0.15, 0.2) is 11.8 Å². The van der Waals surface area contributed by atoms with E-state index in [-0.39, 0.29) is 6.10 Å². The van der Waals surface area contributed by atoms with Crippen molar-refractivity contribution in [1.82, 2.24) is 5.06 Å². The van der Waals surface area contributed by atoms with Gasteiger partial charge in [-0.05, 0) is 40.2 Å². The highest BCUT2D eigenvalue weighted by Gasteiger charge is 2.46. The lowest BCUT2D eigenvalue weighted by Crippen LogP contribution is -2.48. The van der Waals surface area contributed by atoms with Gasteiger partial charge in [0.25, 0.3) is 0 Å². The monoisotopic (exact) mass is 243 g/mol. The third-order valence-electron chi connectivity index (χ3n) is 3.38. The van der Waals surface area contributed by atoms with Crippen LogP contribution in [0.3, 0.4) is 0 Å². The molecule has 0 aromatic rings. The summed E-state index contributed by atoms with van der Waals surface area (Å²) in [6.45, 7) is 10.4. The highest BCUT2D eigenvalue weighted by atomic mass is 16.5. The van der Waals surface area contributed by atoms with Crippen LogP contribution in [-0.4, -0.2) is 41.2 Å². The quantitative estimate of drug-likeness (QED) is 0.806. The first-order valence-corrected chi connectivity index (χ1v) is 6.13. The molecule has 0 aromatic carbocycles. The molecule has 0 radical (unpaired) electrons. The summed E-state index contributed by atoms with van der Waals surface area (Å²) in [5.74, 6) is 0.806. The molecule has 0 bridgehead atoms. The first-order valence-electron chi connectivity index (χ1n) is 6.13. The predicted molar refractivity (Wildman–Crippen MR) is 66.9 cm³/mol. The van der Waals surface area contributed by atoms with Crippen LogP contribution in [0.2, 0.25) is 0 Å². The fourth-order valence-corrected chi connectivity index (χ4v) is 2.14. The Kier molecular flexibility index (Phi) is 4.23. The minimum Gasteiger partial charge on any atom is -0.493 e. The van der Waals surface area contributed by atoms with Crippen molar-refractivity contribution in [2.75, 3.05) is 13.7 Å². The molecule has 17 heavy (non-hydrogen) atoms. The Bertz CT molecular complexity index is 293. The zero-order valence-corrected chi connectivity index (χ0v) is 11.8. The average Bonchev–Trinajstić information content (AvgIpc) is 2.41. The summed E-state index contributed by atoms with van der Waals surface area (Å²) in [6.07, 6.45) is 2.98. The molecular weight excluding hydrogens is 218 g/mol. The van der Waals surface area contributed by atoms with Gasteiger partial charge in [-0.2, -0.15) is 5.06 Å². The van der Waals surface area contributed by atoms with Crippen molar-refractivity contribution in [3.63, 3.8) is 0 Å². The van der Waals surface area contributed by atoms with Gasteiger partial charge in [-0.3, -0.25) is 0 Å². The molecule has 0 fully saturated rings. The van der Waals surface area contributed by atoms with Crippen molar-refractivity contribution in [1.29, 1.82) is 0 Å². The van der Waals surface area contributed by atoms with Gasteiger partial charge in [-0.1, -0.05) is 6.92 Å². The number of ether oxygens (including phenoxy) is 2. The maximum Gasteiger partial charge on any atom is 0.116 e. The SMILES string of the molecule is CCC(COC1=CC(C)(C)N(O)C1(C)C)OC. The molecule has 0 saturated heterocycles. The molecule has 0 spiro atoms. The third-order valence-corrected chi connectivity index (χ3v) is 3.38. The summed E-state index contributed by atoms with van der Waals surface area (Å²) in [7, 11) is 1.69. The molecule has 100 valence electrons. The van der Waals surface area contributed by atoms with Gasteiger partial charge in [-0.15, -0.1) is 0 Å². The number of methoxy groups -OCH3 is 1. The fraction of sp³-hybridized carbons (Fsp3) is 0.846. The minimum absolute atomic E-state index is 0.0996. The van der Waals surface area contributed by atoms with Gasteiger partial charge in [0, 0.05) is 7.11 Å². The molecule has 1 N–H and O–H groups in total. The number of hydroxylamine groups is 2. The first kappa shape index (κ1) is 14.5. The highest BCUT2D eigenvalue weighted by Crippen LogP contribution is 2.38. The molecule has 0 aliphatic carbocycles. The van der Waals surface area contributed by atoms with Crippen LogP contribution in [0.5, 0.6) is 0 Å². The lowest BCUT2D eigenvalue weighted by atomic mass is 10.1. The Balaban J connectivity index is 2.71. The van der Waals surface area contributed by atoms with E-state index in [4.69, 9.17) is 9.47 Å². The summed E-state index contributed by atoms with van der Waals surface area (Å²) in [5.41, 5.74) is -0.886. The van der Waals surface area contributed by atoms with Crippen LogP contribution in [0.25, 0.3) is 0 Å². The molecular formula is C13H25NO3. The summed E-state index contributed by atoms with van der Waals surface area (Å²) < 4.78 is 11.1. The zero-order chi connectivity index (χ0) is 13.3. The van der Waals surface area contributed by atoms with Crippen LogP contribution in [0.1, 0.15) is 41.0 Å². The number of nitrogens with zero attached hydrogens (tertiary/aromatic N) is 1. The van der Waals surface area contributed by atoms with Crippen LogP contribution in [0.4, 0.5) is 0 Å². The van der Waals surface area contributed by atoms with E-state index in [1.807, 2.05) is 33.8 Å². The Morgan fingerprint density at radius 1 is 1.35 bits per heavy atom. The molecule has 1 aliphatic rings. The lowest BCUT2D eigenvalue weighted by molar-refractivity contribution is -0.192. The van der Waals surface area contributed by atoms with Crippen LogP contribution in [0, 0.1) is 0 Å². The number of rotatable bonds is 5. The second kappa shape index (κ2) is 4.96. The molecule has 1 atom stereocenters. The molecule has 1 aliphatic heterocycles. The minimum atomic E-state index is -0.491. The maximum absolute atomic E-state index is 10.1. The van der Waals surface area contributed by atoms with E-state index < -0.39 is 11.1 Å². The predicted octanol–water partition coefficient (Wildman–Crippen LogP) is 2.57. The van der Waals surface area contributed by atoms with Crippen LogP contribution in [-0.2, 0) is 9.47 Å². The Morgan fingerprint density at radius 2 is 1.94 bits per heavy atom. The van der Waals surface area contributed by atoms with E-state index in [2.05, 4.69) is 6.92 Å². The zero-order valence-electron chi connectivity index (χ0n) is 11.8. The second-order valence-corrected chi connectivity index (χ2v) is 5.61. The highest BCUT2D eigenvalue weighted by molar-refractivity contribution is 5.25. The van der Waals surface area contributed by atoms with E-state index >= 15 is 0 Å². The summed E-state index contributed by atoms with van der Waals surface area (Å²) >= 11 is 0. The van der Waals surface area contributed by atoms with Crippen molar-refractivity contribution in [2.24, 2.45) is 0 Å². The summed E-state index contributed by atoms with van der Waals surface area (Å²) in [4.78, 5) is 0. The van der Waals surface area contributed by atoms with Crippen molar-refractivity contribution in [3.8, 4) is 0 Å². The molecule has 0 saturated carbocycles. The number of hydrogen-bond acceptors (Lipinski definition) is 4. The van der Waals surface area contributed by atoms with Gasteiger partial charge in [0.05, 0.1) is 17.2 Å². The molecule has 1 rings (SSSR count). The molecule has 4 heteroatoms. The van der Waals surface area contributed by atoms with Gasteiger partial charge in [0.2, 0.25) is 0 Å². The molecule has 1 heterocycles. The normalized spacial score (nSPS) is 24.5. The van der Waals surface area contributed by atoms with Crippen molar-refractivity contribution >= 4 is 0 Å². The van der Waals surface area contributed by atoms with Crippen molar-refractivity contribution < 1.29 is 14.7 Å². The number of hydrogen-bond donors (Lipinski definition) is 1. The standard InChI is InChI=1S/C13H25NO3/c1-7-10(16-6)9-17-11-8-12(2,3)14(15)13(11,4)5/h8,10,15H,7,9H2,1-6H3. The molecule has 0 aromatic heterocycles. The Labute approximate surface area is 104 Å². The van der Waals surface area contributed by atoms with E-state index in [0.29, 0.717) is 6.61 Å². The Hall–Kier alpha value is -0.580. The van der Waals surface area contributed by atoms with Crippen LogP contribution < -0.4 is 0 Å². The smallest absolute Gasteiger partial charge is 0.116 e. The Morgan fingerprint density at radius 3 is 2.29 bits per heavy atom. The van der Waals surface area contributed by atoms with E-state index in [1.165, 1.54) is 5.06 Å². The van der Waals surface area contributed by atoms with Gasteiger partial charge >= 0.3 is 0 Å². The average molecular weight is 243 g/mol. The van der Waals surface area contributed by atoms with Crippen molar-refractivity contribution in [3.05, 3.63) is 11.8 Å². The van der Waals surface area contributed by atoms with E-state index in [9.17, 15) is 5.21 Å². The van der Waals surface area contributed by atoms with Gasteiger partial charge < -0.3 is 14.7 Å². The van der Waals surface area contributed by atoms with Crippen molar-refractivity contribution in [2.45, 2.75) is 58.2 Å². The second-order valence-electron chi connectivity index (χ2n) is 5.61. The first-order chi connectivity index (χ1) is 7.75. The fourth-order valence-electron chi connectivity index (χ4n) is 2.14. The topological polar surface area (TPSA) is 41.9 Å². The van der Waals surface area contributed by atoms with Gasteiger partial charge in [-0.25, -0.2) is 0 Å². The summed E-state index contributed by atoms with van der Waals surface area (Å²) in [6, 6.07) is 0. The molecule has 4 nitrogen and oxygen atoms in total. The van der Waals surface area contributed by atoms with E-state index in [0.717, 1.165) is 12.2 Å². The largest absolute Gasteiger partial charge is 0.493 e. The molecule has 0 amide bonds. The van der Waals surface area contributed by atoms with Gasteiger partial charge in [0.1, 0.15) is 12.4 Å². The summed E-state index contributed by atoms with van der Waals surface area (Å²) in [5, 5.41) is 11.4. The maximum atomic E-state index is 10.1.